The minimum atomic E-state index is -0.164. The number of nitrogens with one attached hydrogen (secondary N) is 2. The van der Waals surface area contributed by atoms with Gasteiger partial charge in [-0.05, 0) is 49.3 Å². The molecule has 8 nitrogen and oxygen atoms in total. The lowest BCUT2D eigenvalue weighted by Crippen LogP contribution is -2.40. The van der Waals surface area contributed by atoms with Crippen LogP contribution in [0.25, 0.3) is 10.9 Å². The zero-order valence-corrected chi connectivity index (χ0v) is 19.1. The lowest BCUT2D eigenvalue weighted by Gasteiger charge is -2.28. The highest BCUT2D eigenvalue weighted by molar-refractivity contribution is 7.80. The minimum Gasteiger partial charge on any atom is -0.497 e. The number of methoxy groups -OCH3 is 1. The van der Waals surface area contributed by atoms with Crippen molar-refractivity contribution >= 4 is 33.9 Å². The van der Waals surface area contributed by atoms with Gasteiger partial charge in [-0.1, -0.05) is 6.07 Å². The first-order valence-corrected chi connectivity index (χ1v) is 11.3. The van der Waals surface area contributed by atoms with Gasteiger partial charge < -0.3 is 34.1 Å². The van der Waals surface area contributed by atoms with E-state index in [4.69, 9.17) is 31.2 Å². The average Bonchev–Trinajstić information content (AvgIpc) is 3.49. The molecule has 2 N–H and O–H groups in total. The number of fused-ring (bicyclic) bond motifs is 2. The van der Waals surface area contributed by atoms with Crippen molar-refractivity contribution in [2.75, 3.05) is 32.4 Å². The molecule has 1 saturated heterocycles. The number of ether oxygens (including phenoxy) is 4. The number of anilines is 1. The SMILES string of the molecule is COc1cccc(NC(=S)N(Cc2cc3cc4c(cc3[nH]c2=O)OCO4)C[C@@H]2CCCO2)c1. The highest BCUT2D eigenvalue weighted by atomic mass is 32.1. The lowest BCUT2D eigenvalue weighted by molar-refractivity contribution is 0.0904. The Kier molecular flexibility index (Phi) is 6.06. The Bertz CT molecular complexity index is 1240. The average molecular weight is 468 g/mol. The summed E-state index contributed by atoms with van der Waals surface area (Å²) in [5.41, 5.74) is 1.96. The van der Waals surface area contributed by atoms with Gasteiger partial charge >= 0.3 is 0 Å². The Labute approximate surface area is 196 Å². The van der Waals surface area contributed by atoms with Crippen LogP contribution in [0.15, 0.2) is 47.3 Å². The second-order valence-electron chi connectivity index (χ2n) is 8.09. The van der Waals surface area contributed by atoms with Gasteiger partial charge in [0.25, 0.3) is 5.56 Å². The summed E-state index contributed by atoms with van der Waals surface area (Å²) in [6, 6.07) is 13.1. The van der Waals surface area contributed by atoms with Crippen molar-refractivity contribution in [1.29, 1.82) is 0 Å². The van der Waals surface area contributed by atoms with Gasteiger partial charge in [0.1, 0.15) is 5.75 Å². The first-order chi connectivity index (χ1) is 16.1. The standard InChI is InChI=1S/C24H25N3O5S/c1-29-18-5-2-4-17(10-18)25-24(33)27(13-19-6-3-7-30-19)12-16-8-15-9-21-22(32-14-31-21)11-20(15)26-23(16)28/h2,4-5,8-11,19H,3,6-7,12-14H2,1H3,(H,25,33)(H,26,28)/t19-/m0/s1. The molecule has 3 aromatic rings. The van der Waals surface area contributed by atoms with E-state index < -0.39 is 0 Å². The fourth-order valence-corrected chi connectivity index (χ4v) is 4.38. The first-order valence-electron chi connectivity index (χ1n) is 10.9. The number of pyridine rings is 1. The summed E-state index contributed by atoms with van der Waals surface area (Å²) in [5.74, 6) is 2.04. The summed E-state index contributed by atoms with van der Waals surface area (Å²) in [4.78, 5) is 17.8. The molecule has 0 saturated carbocycles. The van der Waals surface area contributed by atoms with Crippen LogP contribution in [0.2, 0.25) is 0 Å². The molecule has 2 aliphatic rings. The lowest BCUT2D eigenvalue weighted by atomic mass is 10.1. The van der Waals surface area contributed by atoms with Crippen LogP contribution in [-0.2, 0) is 11.3 Å². The van der Waals surface area contributed by atoms with E-state index in [-0.39, 0.29) is 18.5 Å². The topological polar surface area (TPSA) is 85.1 Å². The smallest absolute Gasteiger partial charge is 0.253 e. The summed E-state index contributed by atoms with van der Waals surface area (Å²) in [5, 5.41) is 4.66. The molecule has 0 radical (unpaired) electrons. The van der Waals surface area contributed by atoms with Crippen LogP contribution in [0.4, 0.5) is 5.69 Å². The van der Waals surface area contributed by atoms with E-state index in [1.54, 1.807) is 13.2 Å². The van der Waals surface area contributed by atoms with Crippen molar-refractivity contribution in [3.63, 3.8) is 0 Å². The number of aromatic amines is 1. The fourth-order valence-electron chi connectivity index (χ4n) is 4.12. The number of hydrogen-bond acceptors (Lipinski definition) is 6. The van der Waals surface area contributed by atoms with Gasteiger partial charge in [0.15, 0.2) is 16.6 Å². The highest BCUT2D eigenvalue weighted by Gasteiger charge is 2.23. The van der Waals surface area contributed by atoms with Gasteiger partial charge in [-0.25, -0.2) is 0 Å². The number of aromatic nitrogens is 1. The number of benzene rings is 2. The molecule has 33 heavy (non-hydrogen) atoms. The third-order valence-electron chi connectivity index (χ3n) is 5.83. The monoisotopic (exact) mass is 467 g/mol. The number of nitrogens with zero attached hydrogens (tertiary/aromatic N) is 1. The molecule has 2 aliphatic heterocycles. The molecule has 1 fully saturated rings. The van der Waals surface area contributed by atoms with Crippen molar-refractivity contribution < 1.29 is 18.9 Å². The molecule has 0 amide bonds. The van der Waals surface area contributed by atoms with Crippen molar-refractivity contribution in [3.8, 4) is 17.2 Å². The molecule has 0 unspecified atom stereocenters. The van der Waals surface area contributed by atoms with E-state index in [1.165, 1.54) is 0 Å². The third-order valence-corrected chi connectivity index (χ3v) is 6.19. The van der Waals surface area contributed by atoms with Gasteiger partial charge in [-0.15, -0.1) is 0 Å². The van der Waals surface area contributed by atoms with Crippen LogP contribution in [0, 0.1) is 0 Å². The third kappa shape index (κ3) is 4.74. The summed E-state index contributed by atoms with van der Waals surface area (Å²) in [6.07, 6.45) is 2.07. The van der Waals surface area contributed by atoms with Gasteiger partial charge in [0.05, 0.1) is 25.3 Å². The van der Waals surface area contributed by atoms with Gasteiger partial charge in [-0.3, -0.25) is 4.79 Å². The Morgan fingerprint density at radius 1 is 1.24 bits per heavy atom. The van der Waals surface area contributed by atoms with Crippen LogP contribution in [0.3, 0.4) is 0 Å². The predicted octanol–water partition coefficient (Wildman–Crippen LogP) is 3.64. The van der Waals surface area contributed by atoms with Crippen LogP contribution >= 0.6 is 12.2 Å². The van der Waals surface area contributed by atoms with Crippen molar-refractivity contribution in [1.82, 2.24) is 9.88 Å². The van der Waals surface area contributed by atoms with E-state index in [1.807, 2.05) is 41.3 Å². The van der Waals surface area contributed by atoms with Crippen LogP contribution in [-0.4, -0.2) is 48.2 Å². The molecule has 0 bridgehead atoms. The molecular formula is C24H25N3O5S. The number of hydrogen-bond donors (Lipinski definition) is 2. The summed E-state index contributed by atoms with van der Waals surface area (Å²) in [7, 11) is 1.62. The second kappa shape index (κ2) is 9.29. The maximum atomic E-state index is 12.9. The Hall–Kier alpha value is -3.30. The van der Waals surface area contributed by atoms with Gasteiger partial charge in [0.2, 0.25) is 6.79 Å². The normalized spacial score (nSPS) is 16.7. The highest BCUT2D eigenvalue weighted by Crippen LogP contribution is 2.35. The van der Waals surface area contributed by atoms with Gasteiger partial charge in [-0.2, -0.15) is 0 Å². The number of thiocarbonyl (C=S) groups is 1. The van der Waals surface area contributed by atoms with Crippen LogP contribution in [0.5, 0.6) is 17.2 Å². The molecular weight excluding hydrogens is 442 g/mol. The first kappa shape index (κ1) is 21.5. The van der Waals surface area contributed by atoms with Crippen molar-refractivity contribution in [2.45, 2.75) is 25.5 Å². The Balaban J connectivity index is 1.41. The summed E-state index contributed by atoms with van der Waals surface area (Å²) >= 11 is 5.74. The van der Waals surface area contributed by atoms with E-state index in [9.17, 15) is 4.79 Å². The molecule has 0 spiro atoms. The Morgan fingerprint density at radius 2 is 2.09 bits per heavy atom. The summed E-state index contributed by atoms with van der Waals surface area (Å²) < 4.78 is 22.1. The zero-order valence-electron chi connectivity index (χ0n) is 18.3. The molecule has 172 valence electrons. The maximum absolute atomic E-state index is 12.9. The quantitative estimate of drug-likeness (QED) is 0.532. The maximum Gasteiger partial charge on any atom is 0.253 e. The Morgan fingerprint density at radius 3 is 2.88 bits per heavy atom. The molecule has 0 aliphatic carbocycles. The summed E-state index contributed by atoms with van der Waals surface area (Å²) in [6.45, 7) is 1.87. The molecule has 1 aromatic heterocycles. The van der Waals surface area contributed by atoms with E-state index in [2.05, 4.69) is 10.3 Å². The minimum absolute atomic E-state index is 0.0726. The van der Waals surface area contributed by atoms with Crippen LogP contribution in [0.1, 0.15) is 18.4 Å². The molecule has 9 heteroatoms. The second-order valence-corrected chi connectivity index (χ2v) is 8.48. The van der Waals surface area contributed by atoms with Gasteiger partial charge in [0, 0.05) is 41.9 Å². The van der Waals surface area contributed by atoms with Crippen LogP contribution < -0.4 is 25.1 Å². The largest absolute Gasteiger partial charge is 0.497 e. The molecule has 2 aromatic carbocycles. The van der Waals surface area contributed by atoms with Crippen molar-refractivity contribution in [3.05, 3.63) is 58.4 Å². The molecule has 5 rings (SSSR count). The predicted molar refractivity (Wildman–Crippen MR) is 129 cm³/mol. The van der Waals surface area contributed by atoms with Crippen molar-refractivity contribution in [2.24, 2.45) is 0 Å². The number of H-pyrrole nitrogens is 1. The zero-order chi connectivity index (χ0) is 22.8. The molecule has 1 atom stereocenters. The number of rotatable bonds is 6. The fraction of sp³-hybridized carbons (Fsp3) is 0.333. The van der Waals surface area contributed by atoms with E-state index in [0.717, 1.165) is 36.3 Å². The molecule has 3 heterocycles. The van der Waals surface area contributed by atoms with E-state index >= 15 is 0 Å². The van der Waals surface area contributed by atoms with E-state index in [0.29, 0.717) is 40.8 Å².